The molecule has 2 N–H and O–H groups in total. The molecule has 0 fully saturated rings. The average Bonchev–Trinajstić information content (AvgIpc) is 2.88. The van der Waals surface area contributed by atoms with Crippen LogP contribution in [0.1, 0.15) is 47.1 Å². The van der Waals surface area contributed by atoms with Crippen LogP contribution in [0.15, 0.2) is 119 Å². The lowest BCUT2D eigenvalue weighted by Gasteiger charge is -2.21. The van der Waals surface area contributed by atoms with E-state index < -0.39 is 35.4 Å². The van der Waals surface area contributed by atoms with Gasteiger partial charge in [-0.2, -0.15) is 16.8 Å². The second kappa shape index (κ2) is 12.6. The van der Waals surface area contributed by atoms with Crippen molar-refractivity contribution >= 4 is 55.5 Å². The maximum Gasteiger partial charge on any atom is 0.295 e. The minimum atomic E-state index is -4.75. The zero-order valence-electron chi connectivity index (χ0n) is 24.7. The lowest BCUT2D eigenvalue weighted by molar-refractivity contribution is 0.479. The van der Waals surface area contributed by atoms with Gasteiger partial charge in [0.25, 0.3) is 20.2 Å². The van der Waals surface area contributed by atoms with Crippen molar-refractivity contribution in [3.8, 4) is 11.1 Å². The topological polar surface area (TPSA) is 109 Å². The molecule has 0 saturated heterocycles. The molecular weight excluding hydrogens is 641 g/mol. The van der Waals surface area contributed by atoms with Crippen LogP contribution >= 0.6 is 35.3 Å². The van der Waals surface area contributed by atoms with Gasteiger partial charge in [-0.15, -0.1) is 11.8 Å². The van der Waals surface area contributed by atoms with Gasteiger partial charge in [0.15, 0.2) is 0 Å². The molecule has 0 atom stereocenters. The minimum absolute atomic E-state index is 0.0221. The largest absolute Gasteiger partial charge is 0.295 e. The van der Waals surface area contributed by atoms with Crippen LogP contribution in [-0.2, 0) is 25.7 Å². The third-order valence-electron chi connectivity index (χ3n) is 6.19. The Morgan fingerprint density at radius 3 is 1.30 bits per heavy atom. The molecule has 0 spiro atoms. The first-order valence-corrected chi connectivity index (χ1v) is 18.6. The van der Waals surface area contributed by atoms with E-state index in [1.165, 1.54) is 40.9 Å². The molecule has 6 nitrogen and oxygen atoms in total. The highest BCUT2D eigenvalue weighted by Crippen LogP contribution is 2.40. The normalized spacial score (nSPS) is 12.8. The molecule has 0 aliphatic carbocycles. The molecule has 0 amide bonds. The van der Waals surface area contributed by atoms with Gasteiger partial charge < -0.3 is 0 Å². The molecule has 228 valence electrons. The zero-order valence-corrected chi connectivity index (χ0v) is 28.7. The molecule has 0 saturated carbocycles. The van der Waals surface area contributed by atoms with Crippen molar-refractivity contribution < 1.29 is 25.9 Å². The van der Waals surface area contributed by atoms with E-state index in [0.29, 0.717) is 10.5 Å². The number of hydrogen-bond acceptors (Lipinski definition) is 7. The summed E-state index contributed by atoms with van der Waals surface area (Å²) in [5.74, 6) is 0. The highest BCUT2D eigenvalue weighted by Gasteiger charge is 2.26. The van der Waals surface area contributed by atoms with E-state index in [-0.39, 0.29) is 15.9 Å². The molecule has 4 rings (SSSR count). The van der Waals surface area contributed by atoms with E-state index in [2.05, 4.69) is 45.0 Å². The first-order valence-electron chi connectivity index (χ1n) is 13.3. The van der Waals surface area contributed by atoms with Crippen LogP contribution in [0.2, 0.25) is 0 Å². The van der Waals surface area contributed by atoms with Gasteiger partial charge in [0.05, 0.1) is 0 Å². The van der Waals surface area contributed by atoms with Crippen LogP contribution in [0.5, 0.6) is 0 Å². The Hall–Kier alpha value is -2.25. The van der Waals surface area contributed by atoms with Crippen molar-refractivity contribution in [1.29, 1.82) is 0 Å². The number of benzene rings is 4. The van der Waals surface area contributed by atoms with Gasteiger partial charge in [-0.25, -0.2) is 0 Å². The smallest absolute Gasteiger partial charge is 0.282 e. The van der Waals surface area contributed by atoms with Crippen LogP contribution in [0.25, 0.3) is 11.1 Å². The first kappa shape index (κ1) is 33.6. The molecule has 43 heavy (non-hydrogen) atoms. The van der Waals surface area contributed by atoms with Gasteiger partial charge in [-0.1, -0.05) is 83.3 Å². The van der Waals surface area contributed by atoms with E-state index >= 15 is 0 Å². The lowest BCUT2D eigenvalue weighted by Crippen LogP contribution is -2.13. The summed E-state index contributed by atoms with van der Waals surface area (Å²) >= 11 is 4.76. The van der Waals surface area contributed by atoms with Crippen molar-refractivity contribution in [3.63, 3.8) is 0 Å². The minimum Gasteiger partial charge on any atom is -0.282 e. The average molecular weight is 675 g/mol. The van der Waals surface area contributed by atoms with Crippen molar-refractivity contribution in [3.05, 3.63) is 90.5 Å². The van der Waals surface area contributed by atoms with Crippen LogP contribution < -0.4 is 0 Å². The predicted molar refractivity (Wildman–Crippen MR) is 177 cm³/mol. The van der Waals surface area contributed by atoms with Gasteiger partial charge in [0, 0.05) is 40.4 Å². The first-order chi connectivity index (χ1) is 19.8. The summed E-state index contributed by atoms with van der Waals surface area (Å²) in [7, 11) is -9.45. The van der Waals surface area contributed by atoms with E-state index in [0.717, 1.165) is 14.7 Å². The molecule has 0 aliphatic heterocycles. The summed E-state index contributed by atoms with van der Waals surface area (Å²) in [5.41, 5.74) is 0.168. The van der Waals surface area contributed by atoms with Crippen LogP contribution in [0.4, 0.5) is 0 Å². The van der Waals surface area contributed by atoms with Crippen LogP contribution in [-0.4, -0.2) is 30.7 Å². The third kappa shape index (κ3) is 9.13. The van der Waals surface area contributed by atoms with Crippen molar-refractivity contribution in [2.24, 2.45) is 0 Å². The Labute approximate surface area is 267 Å². The SMILES string of the molecule is CC(C)(C)Sc1ccc(Sc2ccc(Sc3ccc(-c4ccc(C(C)(C)C)cc4S(=O)(=O)O)c(S(=O)(=O)O)c3)cc2)cc1. The second-order valence-electron chi connectivity index (χ2n) is 11.9. The highest BCUT2D eigenvalue weighted by atomic mass is 32.2. The summed E-state index contributed by atoms with van der Waals surface area (Å²) in [6.45, 7) is 12.2. The quantitative estimate of drug-likeness (QED) is 0.140. The van der Waals surface area contributed by atoms with Gasteiger partial charge in [-0.3, -0.25) is 9.11 Å². The molecule has 4 aromatic rings. The highest BCUT2D eigenvalue weighted by molar-refractivity contribution is 8.00. The fraction of sp³-hybridized carbons (Fsp3) is 0.250. The Kier molecular flexibility index (Phi) is 9.88. The number of hydrogen-bond donors (Lipinski definition) is 2. The standard InChI is InChI=1S/C32H34O6S5/c1-31(2,3)21-7-17-27(29(19-21)42(33,34)35)28-18-16-26(20-30(28)43(36,37)38)40-24-10-8-22(9-11-24)39-23-12-14-25(15-13-23)41-32(4,5)6/h7-20H,1-6H3,(H,33,34,35)(H,36,37,38). The molecule has 11 heteroatoms. The third-order valence-corrected chi connectivity index (χ3v) is 11.1. The van der Waals surface area contributed by atoms with E-state index in [1.807, 2.05) is 56.8 Å². The summed E-state index contributed by atoms with van der Waals surface area (Å²) in [5, 5.41) is 0. The van der Waals surface area contributed by atoms with Crippen molar-refractivity contribution in [2.75, 3.05) is 0 Å². The Morgan fingerprint density at radius 2 is 0.884 bits per heavy atom. The molecule has 0 aliphatic rings. The van der Waals surface area contributed by atoms with E-state index in [1.54, 1.807) is 23.9 Å². The molecular formula is C32H34O6S5. The summed E-state index contributed by atoms with van der Waals surface area (Å²) in [6.07, 6.45) is 0. The maximum atomic E-state index is 12.5. The van der Waals surface area contributed by atoms with E-state index in [4.69, 9.17) is 0 Å². The molecule has 0 aromatic heterocycles. The van der Waals surface area contributed by atoms with Gasteiger partial charge in [0.2, 0.25) is 0 Å². The summed E-state index contributed by atoms with van der Waals surface area (Å²) in [4.78, 5) is 3.88. The molecule has 4 aromatic carbocycles. The van der Waals surface area contributed by atoms with E-state index in [9.17, 15) is 25.9 Å². The van der Waals surface area contributed by atoms with Crippen LogP contribution in [0.3, 0.4) is 0 Å². The maximum absolute atomic E-state index is 12.5. The monoisotopic (exact) mass is 674 g/mol. The van der Waals surface area contributed by atoms with Crippen LogP contribution in [0, 0.1) is 0 Å². The molecule has 0 bridgehead atoms. The predicted octanol–water partition coefficient (Wildman–Crippen LogP) is 9.34. The zero-order chi connectivity index (χ0) is 31.8. The number of rotatable bonds is 8. The fourth-order valence-corrected chi connectivity index (χ4v) is 8.40. The molecule has 0 heterocycles. The van der Waals surface area contributed by atoms with Crippen molar-refractivity contribution in [1.82, 2.24) is 0 Å². The molecule has 0 radical (unpaired) electrons. The fourth-order valence-electron chi connectivity index (χ4n) is 4.20. The Morgan fingerprint density at radius 1 is 0.512 bits per heavy atom. The second-order valence-corrected chi connectivity index (χ2v) is 18.9. The summed E-state index contributed by atoms with van der Waals surface area (Å²) < 4.78 is 69.8. The van der Waals surface area contributed by atoms with Crippen molar-refractivity contribution in [2.45, 2.75) is 86.0 Å². The van der Waals surface area contributed by atoms with Gasteiger partial charge in [-0.05, 0) is 77.7 Å². The molecule has 0 unspecified atom stereocenters. The lowest BCUT2D eigenvalue weighted by atomic mass is 9.86. The number of thioether (sulfide) groups is 1. The Bertz CT molecular complexity index is 1830. The van der Waals surface area contributed by atoms with Gasteiger partial charge in [0.1, 0.15) is 9.79 Å². The summed E-state index contributed by atoms with van der Waals surface area (Å²) in [6, 6.07) is 25.1. The Balaban J connectivity index is 1.60. The van der Waals surface area contributed by atoms with Gasteiger partial charge >= 0.3 is 0 Å².